The van der Waals surface area contributed by atoms with Crippen LogP contribution in [-0.2, 0) is 127 Å². The van der Waals surface area contributed by atoms with E-state index in [-0.39, 0.29) is 148 Å². The van der Waals surface area contributed by atoms with Crippen LogP contribution in [0, 0.1) is 24.3 Å². The van der Waals surface area contributed by atoms with Crippen molar-refractivity contribution in [3.63, 3.8) is 0 Å². The van der Waals surface area contributed by atoms with Crippen LogP contribution in [0.1, 0.15) is 156 Å². The van der Waals surface area contributed by atoms with E-state index in [1.165, 1.54) is 172 Å². The van der Waals surface area contributed by atoms with Crippen molar-refractivity contribution in [1.82, 2.24) is 19.9 Å². The number of ketones is 4. The number of hydrogen-bond acceptors (Lipinski definition) is 19. The van der Waals surface area contributed by atoms with Crippen LogP contribution in [0.5, 0.6) is 5.75 Å². The number of hydrogen-bond donors (Lipinski definition) is 4. The second kappa shape index (κ2) is 61.8. The van der Waals surface area contributed by atoms with Crippen LogP contribution in [0.25, 0.3) is 96.4 Å². The van der Waals surface area contributed by atoms with Gasteiger partial charge in [-0.1, -0.05) is 175 Å². The molecule has 0 saturated carbocycles. The SMILES string of the molecule is CC(=O)C=C(C)O.CC(=O)C=C(C)O.CC(=O)C=C(C)O.CC(=O)C=C(C)O.CCC1=C(C)C2=CC3=NC(=CC4=NC(=CC5=NC(=CC1=N2)C(CC)=C5CC)C(CC)=C4CC)C(CC)=C3CC.[Ir].[Ir].[Ir].[Ir].[Pt].[c-]1c(-c2ccccn2)sc2ccccc12.[c-]1c(-c2ccccn2)sc2ccccc12.[c-]1ccc2ccccc2c1-c1ccccn1.[c-]1ccccc1-c1ccc2ccccc2n1.c1cc2c3c(c1)ccc[n+]3CO2. The maximum absolute atomic E-state index is 10.0. The van der Waals surface area contributed by atoms with E-state index >= 15 is 0 Å². The van der Waals surface area contributed by atoms with Gasteiger partial charge in [0.15, 0.2) is 35.1 Å². The van der Waals surface area contributed by atoms with E-state index in [4.69, 9.17) is 45.1 Å². The maximum atomic E-state index is 10.0. The summed E-state index contributed by atoms with van der Waals surface area (Å²) in [4.78, 5) is 80.8. The second-order valence-corrected chi connectivity index (χ2v) is 35.0. The van der Waals surface area contributed by atoms with E-state index in [2.05, 4.69) is 207 Å². The largest absolute Gasteiger partial charge is 0.512 e. The number of nitrogens with zero attached hydrogens (tertiary/aromatic N) is 9. The molecular weight excluding hydrogens is 2750 g/mol. The average Bonchev–Trinajstić information content (AvgIpc) is 1.55. The van der Waals surface area contributed by atoms with Crippen LogP contribution >= 0.6 is 22.7 Å². The zero-order chi connectivity index (χ0) is 101. The van der Waals surface area contributed by atoms with Gasteiger partial charge in [0.2, 0.25) is 0 Å². The van der Waals surface area contributed by atoms with Crippen LogP contribution in [0.4, 0.5) is 0 Å². The molecule has 25 heteroatoms. The van der Waals surface area contributed by atoms with Crippen LogP contribution in [0.2, 0.25) is 0 Å². The van der Waals surface area contributed by atoms with Crippen molar-refractivity contribution in [3.8, 4) is 49.4 Å². The Morgan fingerprint density at radius 1 is 0.377 bits per heavy atom. The number of aromatic nitrogens is 5. The minimum Gasteiger partial charge on any atom is -0.512 e. The first-order chi connectivity index (χ1) is 68.1. The van der Waals surface area contributed by atoms with Crippen LogP contribution in [0.3, 0.4) is 0 Å². The fourth-order valence-corrected chi connectivity index (χ4v) is 18.2. The normalized spacial score (nSPS) is 13.3. The van der Waals surface area contributed by atoms with Crippen molar-refractivity contribution in [1.29, 1.82) is 0 Å². The molecule has 762 valence electrons. The Morgan fingerprint density at radius 2 is 0.767 bits per heavy atom. The number of carbonyl (C=O) groups excluding carboxylic acids is 4. The van der Waals surface area contributed by atoms with Crippen LogP contribution in [-0.4, -0.2) is 86.3 Å². The number of allylic oxidation sites excluding steroid dienone is 20. The molecule has 13 heterocycles. The quantitative estimate of drug-likeness (QED) is 0.0322. The first kappa shape index (κ1) is 122. The number of benzene rings is 7. The van der Waals surface area contributed by atoms with Gasteiger partial charge in [0.05, 0.1) is 79.6 Å². The standard InChI is InChI=1S/C35H42N4.2C15H10N.2C13H8NS.C10H8NO.4C5H8O2.4Ir.Pt/c1-9-21-20(8)28-16-30-22(10-2)23(11-3)32(37-30)18-34-26(14-6)27(15-7)35(39-34)19-33-25(13-5)24(12-4)31(38-33)17-29(21)36-28;1-2-8-13-12(6-1)7-5-9-14(13)15-10-3-4-11-16-15;1-2-6-12(7-3-1)15-11-10-13-8-4-5-9-14(13)16-15;2*1-2-7-12-10(5-1)9-13(15-12)11-6-3-4-8-14-11;1-3-8-4-2-6-11-7-12-9(5-1)10(8)11;4*1-4(6)3-5(2)7;;;;;/h16-19H,9-15H2,1-8H3;1-8,10-11H;1-6,8-11H;2*1-8H;1-6H,7H2;4*3,6H,1-2H3;;;;;/q;4*-1;+1;;;;;;;;;. The Kier molecular flexibility index (Phi) is 51.8. The predicted octanol–water partition coefficient (Wildman–Crippen LogP) is 30.0. The molecule has 7 aromatic heterocycles. The van der Waals surface area contributed by atoms with E-state index in [1.807, 2.05) is 176 Å². The van der Waals surface area contributed by atoms with Gasteiger partial charge in [-0.2, -0.15) is 4.57 Å². The molecule has 146 heavy (non-hydrogen) atoms. The fraction of sp³-hybridized carbons (Fsp3) is 0.198. The monoisotopic (exact) mass is 2870 g/mol. The number of pyridine rings is 5. The minimum absolute atomic E-state index is 0. The van der Waals surface area contributed by atoms with Crippen molar-refractivity contribution in [2.24, 2.45) is 20.0 Å². The Morgan fingerprint density at radius 3 is 1.18 bits per heavy atom. The molecule has 0 amide bonds. The molecule has 8 bridgehead atoms. The van der Waals surface area contributed by atoms with Crippen LogP contribution in [0.15, 0.2) is 414 Å². The zero-order valence-electron chi connectivity index (χ0n) is 84.3. The summed E-state index contributed by atoms with van der Waals surface area (Å²) in [5, 5.41) is 40.6. The van der Waals surface area contributed by atoms with E-state index in [0.717, 1.165) is 146 Å². The van der Waals surface area contributed by atoms with Gasteiger partial charge in [-0.3, -0.25) is 24.2 Å². The molecule has 0 atom stereocenters. The molecule has 6 aliphatic heterocycles. The zero-order valence-corrected chi connectivity index (χ0v) is 97.8. The molecule has 0 fully saturated rings. The average molecular weight is 2870 g/mol. The number of ether oxygens (including phenoxy) is 1. The molecular formula is C121H118Ir4N9O9PtS2-3. The molecule has 0 saturated heterocycles. The van der Waals surface area contributed by atoms with Crippen molar-refractivity contribution < 1.29 is 150 Å². The molecule has 18 nitrogen and oxygen atoms in total. The topological polar surface area (TPSA) is 263 Å². The minimum atomic E-state index is -0.125. The molecule has 14 aromatic rings. The number of aliphatic hydroxyl groups is 4. The third kappa shape index (κ3) is 34.9. The van der Waals surface area contributed by atoms with Gasteiger partial charge in [0.1, 0.15) is 0 Å². The van der Waals surface area contributed by atoms with Crippen molar-refractivity contribution in [2.75, 3.05) is 0 Å². The Balaban J connectivity index is 0.000000262. The smallest absolute Gasteiger partial charge is 0.293 e. The Hall–Kier alpha value is -12.5. The van der Waals surface area contributed by atoms with Crippen molar-refractivity contribution in [2.45, 2.75) is 162 Å². The third-order valence-corrected chi connectivity index (χ3v) is 24.4. The van der Waals surface area contributed by atoms with Gasteiger partial charge in [0.25, 0.3) is 12.2 Å². The van der Waals surface area contributed by atoms with Gasteiger partial charge in [-0.15, -0.1) is 112 Å². The van der Waals surface area contributed by atoms with Gasteiger partial charge in [-0.05, 0) is 255 Å². The number of carbonyl (C=O) groups is 4. The number of fused-ring (bicyclic) bond motifs is 8. The molecule has 0 unspecified atom stereocenters. The van der Waals surface area contributed by atoms with E-state index in [0.29, 0.717) is 6.73 Å². The van der Waals surface area contributed by atoms with Gasteiger partial charge in [-0.25, -0.2) is 42.6 Å². The van der Waals surface area contributed by atoms with Crippen LogP contribution < -0.4 is 9.30 Å². The summed E-state index contributed by atoms with van der Waals surface area (Å²) in [6, 6.07) is 90.3. The summed E-state index contributed by atoms with van der Waals surface area (Å²) in [6.45, 7) is 29.9. The first-order valence-corrected chi connectivity index (χ1v) is 48.7. The Bertz CT molecular complexity index is 7100. The number of rotatable bonds is 15. The summed E-state index contributed by atoms with van der Waals surface area (Å²) in [5.74, 6) is 0.744. The number of para-hydroxylation sites is 2. The molecule has 4 N–H and O–H groups in total. The number of aliphatic imine (C=N–C) groups is 4. The van der Waals surface area contributed by atoms with Crippen molar-refractivity contribution >= 4 is 121 Å². The van der Waals surface area contributed by atoms with Gasteiger partial charge in [0, 0.05) is 162 Å². The molecule has 7 aromatic carbocycles. The second-order valence-electron chi connectivity index (χ2n) is 32.9. The predicted molar refractivity (Wildman–Crippen MR) is 581 cm³/mol. The molecule has 0 aliphatic carbocycles. The third-order valence-electron chi connectivity index (χ3n) is 22.2. The molecule has 4 radical (unpaired) electrons. The summed E-state index contributed by atoms with van der Waals surface area (Å²) in [7, 11) is 0. The maximum Gasteiger partial charge on any atom is 0.293 e. The Labute approximate surface area is 933 Å². The number of aliphatic hydroxyl groups excluding tert-OH is 4. The molecule has 6 aliphatic rings. The van der Waals surface area contributed by atoms with E-state index in [9.17, 15) is 19.2 Å². The molecule has 20 rings (SSSR count). The summed E-state index contributed by atoms with van der Waals surface area (Å²) in [5.41, 5.74) is 27.2. The summed E-state index contributed by atoms with van der Waals surface area (Å²) < 4.78 is 10.1. The van der Waals surface area contributed by atoms with E-state index < -0.39 is 0 Å². The molecule has 0 spiro atoms. The van der Waals surface area contributed by atoms with E-state index in [1.54, 1.807) is 22.7 Å². The summed E-state index contributed by atoms with van der Waals surface area (Å²) in [6.07, 6.45) is 27.7. The van der Waals surface area contributed by atoms with Gasteiger partial charge >= 0.3 is 0 Å². The first-order valence-electron chi connectivity index (χ1n) is 47.1. The van der Waals surface area contributed by atoms with Crippen molar-refractivity contribution in [3.05, 3.63) is 419 Å². The summed E-state index contributed by atoms with van der Waals surface area (Å²) >= 11 is 3.46. The fourth-order valence-electron chi connectivity index (χ4n) is 16.2. The van der Waals surface area contributed by atoms with Gasteiger partial charge < -0.3 is 40.1 Å². The number of thiophene rings is 2.